The average Bonchev–Trinajstić information content (AvgIpc) is 2.49. The molecule has 3 nitrogen and oxygen atoms in total. The number of nitrogens with one attached hydrogen (secondary N) is 1. The molecule has 0 bridgehead atoms. The highest BCUT2D eigenvalue weighted by Gasteiger charge is 2.11. The predicted molar refractivity (Wildman–Crippen MR) is 91.9 cm³/mol. The zero-order chi connectivity index (χ0) is 16.8. The number of anilines is 1. The van der Waals surface area contributed by atoms with Crippen LogP contribution in [0.2, 0.25) is 0 Å². The van der Waals surface area contributed by atoms with Gasteiger partial charge in [-0.3, -0.25) is 9.69 Å². The number of carbonyl (C=O) groups excluding carboxylic acids is 1. The standard InChI is InChI=1S/C19H23FN2O/c1-14(2)17-6-4-5-7-18(17)21-19(23)13-22(3)12-15-8-10-16(20)11-9-15/h4-11,14H,12-13H2,1-3H3,(H,21,23). The fourth-order valence-corrected chi connectivity index (χ4v) is 2.51. The smallest absolute Gasteiger partial charge is 0.238 e. The van der Waals surface area contributed by atoms with E-state index in [1.165, 1.54) is 12.1 Å². The number of nitrogens with zero attached hydrogens (tertiary/aromatic N) is 1. The zero-order valence-corrected chi connectivity index (χ0v) is 13.8. The predicted octanol–water partition coefficient (Wildman–Crippen LogP) is 4.02. The molecule has 1 N–H and O–H groups in total. The normalized spacial score (nSPS) is 11.0. The van der Waals surface area contributed by atoms with Crippen LogP contribution in [0.5, 0.6) is 0 Å². The van der Waals surface area contributed by atoms with E-state index >= 15 is 0 Å². The van der Waals surface area contributed by atoms with Crippen molar-refractivity contribution < 1.29 is 9.18 Å². The van der Waals surface area contributed by atoms with Gasteiger partial charge in [-0.2, -0.15) is 0 Å². The van der Waals surface area contributed by atoms with Crippen molar-refractivity contribution in [2.24, 2.45) is 0 Å². The molecule has 122 valence electrons. The minimum absolute atomic E-state index is 0.0530. The van der Waals surface area contributed by atoms with E-state index in [-0.39, 0.29) is 18.3 Å². The topological polar surface area (TPSA) is 32.3 Å². The highest BCUT2D eigenvalue weighted by Crippen LogP contribution is 2.23. The second kappa shape index (κ2) is 7.88. The van der Waals surface area contributed by atoms with Crippen molar-refractivity contribution in [3.63, 3.8) is 0 Å². The number of amides is 1. The number of hydrogen-bond acceptors (Lipinski definition) is 2. The lowest BCUT2D eigenvalue weighted by Gasteiger charge is -2.18. The van der Waals surface area contributed by atoms with Gasteiger partial charge in [0.1, 0.15) is 5.82 Å². The minimum atomic E-state index is -0.251. The third-order valence-electron chi connectivity index (χ3n) is 3.64. The molecule has 0 saturated heterocycles. The first-order valence-electron chi connectivity index (χ1n) is 7.77. The first-order valence-corrected chi connectivity index (χ1v) is 7.77. The maximum atomic E-state index is 12.9. The van der Waals surface area contributed by atoms with Crippen LogP contribution in [0.1, 0.15) is 30.9 Å². The Kier molecular flexibility index (Phi) is 5.88. The van der Waals surface area contributed by atoms with E-state index in [9.17, 15) is 9.18 Å². The van der Waals surface area contributed by atoms with Gasteiger partial charge in [0.25, 0.3) is 0 Å². The van der Waals surface area contributed by atoms with E-state index in [1.807, 2.05) is 36.2 Å². The number of hydrogen-bond donors (Lipinski definition) is 1. The van der Waals surface area contributed by atoms with Crippen LogP contribution in [0, 0.1) is 5.82 Å². The molecule has 0 aliphatic rings. The largest absolute Gasteiger partial charge is 0.325 e. The lowest BCUT2D eigenvalue weighted by Crippen LogP contribution is -2.30. The van der Waals surface area contributed by atoms with Crippen LogP contribution in [0.25, 0.3) is 0 Å². The van der Waals surface area contributed by atoms with Gasteiger partial charge in [-0.15, -0.1) is 0 Å². The van der Waals surface area contributed by atoms with Gasteiger partial charge in [0.15, 0.2) is 0 Å². The molecule has 2 aromatic rings. The Morgan fingerprint density at radius 2 is 1.78 bits per heavy atom. The summed E-state index contributed by atoms with van der Waals surface area (Å²) in [6, 6.07) is 14.2. The molecule has 0 aliphatic heterocycles. The number of halogens is 1. The fraction of sp³-hybridized carbons (Fsp3) is 0.316. The van der Waals surface area contributed by atoms with Crippen LogP contribution in [0.15, 0.2) is 48.5 Å². The first kappa shape index (κ1) is 17.2. The van der Waals surface area contributed by atoms with Crippen LogP contribution >= 0.6 is 0 Å². The fourth-order valence-electron chi connectivity index (χ4n) is 2.51. The van der Waals surface area contributed by atoms with Gasteiger partial charge in [-0.05, 0) is 42.3 Å². The summed E-state index contributed by atoms with van der Waals surface area (Å²) in [5.41, 5.74) is 2.97. The van der Waals surface area contributed by atoms with Crippen LogP contribution in [-0.2, 0) is 11.3 Å². The van der Waals surface area contributed by atoms with Crippen molar-refractivity contribution in [2.45, 2.75) is 26.3 Å². The first-order chi connectivity index (χ1) is 11.0. The van der Waals surface area contributed by atoms with Crippen molar-refractivity contribution in [1.82, 2.24) is 4.90 Å². The summed E-state index contributed by atoms with van der Waals surface area (Å²) in [6.07, 6.45) is 0. The van der Waals surface area contributed by atoms with Crippen LogP contribution < -0.4 is 5.32 Å². The molecular formula is C19H23FN2O. The molecule has 2 aromatic carbocycles. The molecule has 0 fully saturated rings. The molecule has 4 heteroatoms. The number of para-hydroxylation sites is 1. The third-order valence-corrected chi connectivity index (χ3v) is 3.64. The Morgan fingerprint density at radius 3 is 2.43 bits per heavy atom. The SMILES string of the molecule is CC(C)c1ccccc1NC(=O)CN(C)Cc1ccc(F)cc1. The summed E-state index contributed by atoms with van der Waals surface area (Å²) in [6.45, 7) is 5.08. The van der Waals surface area contributed by atoms with Gasteiger partial charge < -0.3 is 5.32 Å². The maximum absolute atomic E-state index is 12.9. The van der Waals surface area contributed by atoms with Crippen molar-refractivity contribution in [1.29, 1.82) is 0 Å². The zero-order valence-electron chi connectivity index (χ0n) is 13.8. The van der Waals surface area contributed by atoms with Crippen molar-refractivity contribution in [3.8, 4) is 0 Å². The molecular weight excluding hydrogens is 291 g/mol. The van der Waals surface area contributed by atoms with Gasteiger partial charge >= 0.3 is 0 Å². The quantitative estimate of drug-likeness (QED) is 0.873. The highest BCUT2D eigenvalue weighted by atomic mass is 19.1. The molecule has 0 aliphatic carbocycles. The van der Waals surface area contributed by atoms with Crippen molar-refractivity contribution in [3.05, 3.63) is 65.5 Å². The monoisotopic (exact) mass is 314 g/mol. The number of likely N-dealkylation sites (N-methyl/N-ethyl adjacent to an activating group) is 1. The van der Waals surface area contributed by atoms with E-state index in [0.29, 0.717) is 12.5 Å². The third kappa shape index (κ3) is 5.18. The van der Waals surface area contributed by atoms with E-state index < -0.39 is 0 Å². The van der Waals surface area contributed by atoms with Gasteiger partial charge in [-0.25, -0.2) is 4.39 Å². The summed E-state index contributed by atoms with van der Waals surface area (Å²) in [4.78, 5) is 14.1. The number of benzene rings is 2. The van der Waals surface area contributed by atoms with E-state index in [2.05, 4.69) is 19.2 Å². The summed E-state index contributed by atoms with van der Waals surface area (Å²) in [5.74, 6) is 0.0468. The second-order valence-corrected chi connectivity index (χ2v) is 6.09. The van der Waals surface area contributed by atoms with Crippen LogP contribution in [-0.4, -0.2) is 24.4 Å². The van der Waals surface area contributed by atoms with Crippen molar-refractivity contribution in [2.75, 3.05) is 18.9 Å². The Hall–Kier alpha value is -2.20. The van der Waals surface area contributed by atoms with Crippen molar-refractivity contribution >= 4 is 11.6 Å². The van der Waals surface area contributed by atoms with Gasteiger partial charge in [0.05, 0.1) is 6.54 Å². The summed E-state index contributed by atoms with van der Waals surface area (Å²) >= 11 is 0. The molecule has 0 heterocycles. The Balaban J connectivity index is 1.93. The Labute approximate surface area is 137 Å². The molecule has 2 rings (SSSR count). The lowest BCUT2D eigenvalue weighted by molar-refractivity contribution is -0.117. The summed E-state index contributed by atoms with van der Waals surface area (Å²) in [5, 5.41) is 2.98. The number of rotatable bonds is 6. The Bertz CT molecular complexity index is 653. The van der Waals surface area contributed by atoms with E-state index in [1.54, 1.807) is 12.1 Å². The number of carbonyl (C=O) groups is 1. The minimum Gasteiger partial charge on any atom is -0.325 e. The van der Waals surface area contributed by atoms with Gasteiger partial charge in [-0.1, -0.05) is 44.2 Å². The molecule has 0 atom stereocenters. The molecule has 23 heavy (non-hydrogen) atoms. The highest BCUT2D eigenvalue weighted by molar-refractivity contribution is 5.93. The second-order valence-electron chi connectivity index (χ2n) is 6.09. The molecule has 1 amide bonds. The van der Waals surface area contributed by atoms with E-state index in [4.69, 9.17) is 0 Å². The molecule has 0 radical (unpaired) electrons. The molecule has 0 unspecified atom stereocenters. The van der Waals surface area contributed by atoms with Crippen LogP contribution in [0.3, 0.4) is 0 Å². The van der Waals surface area contributed by atoms with E-state index in [0.717, 1.165) is 16.8 Å². The molecule has 0 saturated carbocycles. The summed E-state index contributed by atoms with van der Waals surface area (Å²) in [7, 11) is 1.87. The molecule has 0 aromatic heterocycles. The van der Waals surface area contributed by atoms with Crippen LogP contribution in [0.4, 0.5) is 10.1 Å². The average molecular weight is 314 g/mol. The summed E-state index contributed by atoms with van der Waals surface area (Å²) < 4.78 is 12.9. The molecule has 0 spiro atoms. The lowest BCUT2D eigenvalue weighted by atomic mass is 10.0. The maximum Gasteiger partial charge on any atom is 0.238 e. The Morgan fingerprint density at radius 1 is 1.13 bits per heavy atom. The van der Waals surface area contributed by atoms with Gasteiger partial charge in [0, 0.05) is 12.2 Å². The van der Waals surface area contributed by atoms with Gasteiger partial charge in [0.2, 0.25) is 5.91 Å².